The number of guanidine groups is 1. The number of aliphatic imine (C=N–C) groups is 1. The average molecular weight is 305 g/mol. The van der Waals surface area contributed by atoms with Crippen LogP contribution in [0.1, 0.15) is 17.9 Å². The van der Waals surface area contributed by atoms with E-state index in [-0.39, 0.29) is 12.0 Å². The fraction of sp³-hybridized carbons (Fsp3) is 0.562. The molecule has 3 rings (SSSR count). The van der Waals surface area contributed by atoms with Crippen molar-refractivity contribution in [2.24, 2.45) is 16.1 Å². The molecule has 2 fully saturated rings. The third-order valence-corrected chi connectivity index (χ3v) is 5.54. The minimum Gasteiger partial charge on any atom is -0.396 e. The Morgan fingerprint density at radius 3 is 2.71 bits per heavy atom. The fourth-order valence-corrected chi connectivity index (χ4v) is 3.94. The van der Waals surface area contributed by atoms with Gasteiger partial charge in [0, 0.05) is 30.0 Å². The summed E-state index contributed by atoms with van der Waals surface area (Å²) in [4.78, 5) is 6.73. The van der Waals surface area contributed by atoms with Crippen molar-refractivity contribution in [2.45, 2.75) is 12.3 Å². The zero-order valence-corrected chi connectivity index (χ0v) is 13.1. The lowest BCUT2D eigenvalue weighted by Gasteiger charge is -2.27. The summed E-state index contributed by atoms with van der Waals surface area (Å²) < 4.78 is 0. The number of rotatable bonds is 4. The van der Waals surface area contributed by atoms with Gasteiger partial charge >= 0.3 is 0 Å². The van der Waals surface area contributed by atoms with E-state index in [9.17, 15) is 5.11 Å². The Kier molecular flexibility index (Phi) is 4.40. The number of hydrogen-bond donors (Lipinski definition) is 2. The second kappa shape index (κ2) is 6.28. The van der Waals surface area contributed by atoms with Crippen molar-refractivity contribution in [1.29, 1.82) is 0 Å². The summed E-state index contributed by atoms with van der Waals surface area (Å²) in [5.41, 5.74) is 7.31. The number of benzene rings is 1. The Morgan fingerprint density at radius 1 is 1.33 bits per heavy atom. The molecule has 0 amide bonds. The molecule has 21 heavy (non-hydrogen) atoms. The zero-order chi connectivity index (χ0) is 14.7. The summed E-state index contributed by atoms with van der Waals surface area (Å²) in [6.07, 6.45) is 1.00. The van der Waals surface area contributed by atoms with Gasteiger partial charge in [0.25, 0.3) is 0 Å². The van der Waals surface area contributed by atoms with Crippen LogP contribution in [0.2, 0.25) is 0 Å². The molecule has 1 aliphatic heterocycles. The molecule has 2 atom stereocenters. The SMILES string of the molecule is NC(=NCC1(CO)CC1c1ccccc1)N1CCSCC1. The molecule has 0 bridgehead atoms. The van der Waals surface area contributed by atoms with Gasteiger partial charge in [-0.25, -0.2) is 0 Å². The number of aliphatic hydroxyl groups excluding tert-OH is 1. The molecule has 0 spiro atoms. The van der Waals surface area contributed by atoms with Gasteiger partial charge in [-0.15, -0.1) is 0 Å². The van der Waals surface area contributed by atoms with Crippen molar-refractivity contribution >= 4 is 17.7 Å². The Bertz CT molecular complexity index is 502. The van der Waals surface area contributed by atoms with Crippen LogP contribution in [0.15, 0.2) is 35.3 Å². The smallest absolute Gasteiger partial charge is 0.191 e. The van der Waals surface area contributed by atoms with Gasteiger partial charge in [-0.1, -0.05) is 30.3 Å². The molecule has 1 heterocycles. The first-order valence-electron chi connectivity index (χ1n) is 7.54. The maximum absolute atomic E-state index is 9.78. The third-order valence-electron chi connectivity index (χ3n) is 4.60. The van der Waals surface area contributed by atoms with Crippen LogP contribution in [-0.4, -0.2) is 53.7 Å². The van der Waals surface area contributed by atoms with E-state index in [1.165, 1.54) is 5.56 Å². The summed E-state index contributed by atoms with van der Waals surface area (Å²) in [5, 5.41) is 9.78. The largest absolute Gasteiger partial charge is 0.396 e. The van der Waals surface area contributed by atoms with Gasteiger partial charge in [0.05, 0.1) is 13.2 Å². The highest BCUT2D eigenvalue weighted by atomic mass is 32.2. The van der Waals surface area contributed by atoms with E-state index in [0.29, 0.717) is 18.4 Å². The van der Waals surface area contributed by atoms with Crippen LogP contribution in [0.25, 0.3) is 0 Å². The quantitative estimate of drug-likeness (QED) is 0.654. The minimum absolute atomic E-state index is 0.101. The molecule has 5 heteroatoms. The van der Waals surface area contributed by atoms with Crippen molar-refractivity contribution in [3.8, 4) is 0 Å². The molecular weight excluding hydrogens is 282 g/mol. The van der Waals surface area contributed by atoms with Gasteiger partial charge in [-0.2, -0.15) is 11.8 Å². The molecule has 1 aromatic rings. The van der Waals surface area contributed by atoms with Gasteiger partial charge in [-0.05, 0) is 17.9 Å². The van der Waals surface area contributed by atoms with E-state index in [0.717, 1.165) is 31.0 Å². The maximum atomic E-state index is 9.78. The van der Waals surface area contributed by atoms with Crippen molar-refractivity contribution in [3.63, 3.8) is 0 Å². The number of nitrogens with two attached hydrogens (primary N) is 1. The lowest BCUT2D eigenvalue weighted by atomic mass is 10.00. The molecule has 114 valence electrons. The predicted molar refractivity (Wildman–Crippen MR) is 88.7 cm³/mol. The van der Waals surface area contributed by atoms with Gasteiger partial charge in [0.2, 0.25) is 0 Å². The van der Waals surface area contributed by atoms with Crippen LogP contribution < -0.4 is 5.73 Å². The lowest BCUT2D eigenvalue weighted by Crippen LogP contribution is -2.43. The monoisotopic (exact) mass is 305 g/mol. The first-order chi connectivity index (χ1) is 10.2. The molecule has 1 aromatic carbocycles. The molecule has 0 aromatic heterocycles. The van der Waals surface area contributed by atoms with E-state index < -0.39 is 0 Å². The Hall–Kier alpha value is -1.20. The average Bonchev–Trinajstić information content (AvgIpc) is 3.29. The summed E-state index contributed by atoms with van der Waals surface area (Å²) in [7, 11) is 0. The summed E-state index contributed by atoms with van der Waals surface area (Å²) in [6.45, 7) is 2.76. The minimum atomic E-state index is -0.101. The molecule has 1 aliphatic carbocycles. The maximum Gasteiger partial charge on any atom is 0.191 e. The van der Waals surface area contributed by atoms with Crippen LogP contribution >= 0.6 is 11.8 Å². The highest BCUT2D eigenvalue weighted by molar-refractivity contribution is 7.99. The van der Waals surface area contributed by atoms with Gasteiger partial charge in [0.15, 0.2) is 5.96 Å². The number of nitrogens with zero attached hydrogens (tertiary/aromatic N) is 2. The topological polar surface area (TPSA) is 61.9 Å². The standard InChI is InChI=1S/C16H23N3OS/c17-15(19-6-8-21-9-7-19)18-11-16(12-20)10-14(16)13-4-2-1-3-5-13/h1-5,14,20H,6-12H2,(H2,17,18). The Labute approximate surface area is 130 Å². The summed E-state index contributed by atoms with van der Waals surface area (Å²) in [5.74, 6) is 3.29. The number of hydrogen-bond acceptors (Lipinski definition) is 3. The zero-order valence-electron chi connectivity index (χ0n) is 12.2. The molecule has 0 radical (unpaired) electrons. The molecule has 1 saturated heterocycles. The van der Waals surface area contributed by atoms with E-state index >= 15 is 0 Å². The second-order valence-electron chi connectivity index (χ2n) is 5.96. The van der Waals surface area contributed by atoms with Crippen LogP contribution in [0.4, 0.5) is 0 Å². The van der Waals surface area contributed by atoms with E-state index in [4.69, 9.17) is 5.73 Å². The predicted octanol–water partition coefficient (Wildman–Crippen LogP) is 1.52. The fourth-order valence-electron chi connectivity index (χ4n) is 3.03. The van der Waals surface area contributed by atoms with Crippen molar-refractivity contribution in [2.75, 3.05) is 37.7 Å². The first-order valence-corrected chi connectivity index (χ1v) is 8.69. The van der Waals surface area contributed by atoms with Gasteiger partial charge in [0.1, 0.15) is 0 Å². The van der Waals surface area contributed by atoms with E-state index in [1.807, 2.05) is 17.8 Å². The van der Waals surface area contributed by atoms with Crippen LogP contribution in [-0.2, 0) is 0 Å². The Morgan fingerprint density at radius 2 is 2.05 bits per heavy atom. The number of aliphatic hydroxyl groups is 1. The summed E-state index contributed by atoms with van der Waals surface area (Å²) in [6, 6.07) is 10.4. The molecule has 3 N–H and O–H groups in total. The highest BCUT2D eigenvalue weighted by Crippen LogP contribution is 2.59. The van der Waals surface area contributed by atoms with E-state index in [1.54, 1.807) is 0 Å². The third kappa shape index (κ3) is 3.19. The van der Waals surface area contributed by atoms with Crippen LogP contribution in [0, 0.1) is 5.41 Å². The van der Waals surface area contributed by atoms with Gasteiger partial charge < -0.3 is 15.7 Å². The first kappa shape index (κ1) is 14.7. The molecule has 2 unspecified atom stereocenters. The van der Waals surface area contributed by atoms with Crippen molar-refractivity contribution < 1.29 is 5.11 Å². The van der Waals surface area contributed by atoms with Crippen LogP contribution in [0.5, 0.6) is 0 Å². The highest BCUT2D eigenvalue weighted by Gasteiger charge is 2.54. The van der Waals surface area contributed by atoms with Crippen molar-refractivity contribution in [1.82, 2.24) is 4.90 Å². The molecule has 4 nitrogen and oxygen atoms in total. The second-order valence-corrected chi connectivity index (χ2v) is 7.19. The van der Waals surface area contributed by atoms with Crippen molar-refractivity contribution in [3.05, 3.63) is 35.9 Å². The Balaban J connectivity index is 1.63. The molecule has 2 aliphatic rings. The van der Waals surface area contributed by atoms with E-state index in [2.05, 4.69) is 34.2 Å². The number of thioether (sulfide) groups is 1. The summed E-state index contributed by atoms with van der Waals surface area (Å²) >= 11 is 1.96. The van der Waals surface area contributed by atoms with Gasteiger partial charge in [-0.3, -0.25) is 4.99 Å². The normalized spacial score (nSPS) is 29.5. The molecular formula is C16H23N3OS. The lowest BCUT2D eigenvalue weighted by molar-refractivity contribution is 0.211. The van der Waals surface area contributed by atoms with Crippen LogP contribution in [0.3, 0.4) is 0 Å². The molecule has 1 saturated carbocycles.